The summed E-state index contributed by atoms with van der Waals surface area (Å²) in [7, 11) is 1.53. The number of anilines is 1. The fourth-order valence-electron chi connectivity index (χ4n) is 2.82. The first kappa shape index (κ1) is 18.0. The van der Waals surface area contributed by atoms with Crippen molar-refractivity contribution in [2.45, 2.75) is 20.3 Å². The Labute approximate surface area is 156 Å². The summed E-state index contributed by atoms with van der Waals surface area (Å²) in [5.74, 6) is -0.506. The quantitative estimate of drug-likeness (QED) is 0.721. The van der Waals surface area contributed by atoms with Crippen LogP contribution in [0.4, 0.5) is 5.69 Å². The van der Waals surface area contributed by atoms with E-state index in [9.17, 15) is 9.59 Å². The molecule has 0 aliphatic carbocycles. The van der Waals surface area contributed by atoms with E-state index < -0.39 is 0 Å². The molecule has 0 aliphatic rings. The van der Waals surface area contributed by atoms with Gasteiger partial charge >= 0.3 is 0 Å². The first-order chi connectivity index (χ1) is 12.4. The van der Waals surface area contributed by atoms with Crippen molar-refractivity contribution in [2.24, 2.45) is 0 Å². The highest BCUT2D eigenvalue weighted by molar-refractivity contribution is 6.34. The summed E-state index contributed by atoms with van der Waals surface area (Å²) in [6, 6.07) is 8.79. The number of benzene rings is 2. The maximum atomic E-state index is 12.4. The van der Waals surface area contributed by atoms with Crippen molar-refractivity contribution < 1.29 is 14.0 Å². The third-order valence-electron chi connectivity index (χ3n) is 4.41. The monoisotopic (exact) mass is 370 g/mol. The van der Waals surface area contributed by atoms with E-state index in [0.29, 0.717) is 16.3 Å². The largest absolute Gasteiger partial charge is 0.464 e. The van der Waals surface area contributed by atoms with Crippen LogP contribution in [0.5, 0.6) is 0 Å². The van der Waals surface area contributed by atoms with Crippen LogP contribution in [0.2, 0.25) is 5.02 Å². The van der Waals surface area contributed by atoms with Crippen LogP contribution in [0, 0.1) is 13.8 Å². The summed E-state index contributed by atoms with van der Waals surface area (Å²) in [6.45, 7) is 4.02. The van der Waals surface area contributed by atoms with Crippen LogP contribution in [0.3, 0.4) is 0 Å². The lowest BCUT2D eigenvalue weighted by atomic mass is 10.0. The molecule has 1 aromatic heterocycles. The van der Waals surface area contributed by atoms with Crippen molar-refractivity contribution in [3.05, 3.63) is 63.9 Å². The van der Waals surface area contributed by atoms with Crippen LogP contribution in [0.15, 0.2) is 41.0 Å². The highest BCUT2D eigenvalue weighted by Gasteiger charge is 2.14. The second-order valence-electron chi connectivity index (χ2n) is 6.14. The van der Waals surface area contributed by atoms with E-state index >= 15 is 0 Å². The van der Waals surface area contributed by atoms with Crippen molar-refractivity contribution in [3.63, 3.8) is 0 Å². The SMILES string of the molecule is CNC(=O)c1cc(NC(=O)Cc2coc3c(C)c(C)ccc23)ccc1Cl. The molecule has 0 saturated heterocycles. The van der Waals surface area contributed by atoms with Gasteiger partial charge in [0, 0.05) is 23.7 Å². The number of carbonyl (C=O) groups excluding carboxylic acids is 2. The van der Waals surface area contributed by atoms with Crippen molar-refractivity contribution >= 4 is 40.1 Å². The van der Waals surface area contributed by atoms with Crippen LogP contribution < -0.4 is 10.6 Å². The molecule has 2 amide bonds. The molecule has 0 saturated carbocycles. The Morgan fingerprint density at radius 1 is 1.15 bits per heavy atom. The molecule has 0 fully saturated rings. The number of amides is 2. The van der Waals surface area contributed by atoms with Crippen LogP contribution in [-0.4, -0.2) is 18.9 Å². The van der Waals surface area contributed by atoms with E-state index in [4.69, 9.17) is 16.0 Å². The molecule has 0 radical (unpaired) electrons. The summed E-state index contributed by atoms with van der Waals surface area (Å²) in [5.41, 5.74) is 4.67. The number of carbonyl (C=O) groups is 2. The molecule has 6 heteroatoms. The molecule has 0 aliphatic heterocycles. The van der Waals surface area contributed by atoms with Crippen molar-refractivity contribution in [2.75, 3.05) is 12.4 Å². The molecular formula is C20H19ClN2O3. The molecular weight excluding hydrogens is 352 g/mol. The number of nitrogens with one attached hydrogen (secondary N) is 2. The number of aryl methyl sites for hydroxylation is 2. The van der Waals surface area contributed by atoms with Gasteiger partial charge in [0.2, 0.25) is 5.91 Å². The minimum atomic E-state index is -0.308. The van der Waals surface area contributed by atoms with E-state index in [0.717, 1.165) is 27.7 Å². The van der Waals surface area contributed by atoms with E-state index in [2.05, 4.69) is 10.6 Å². The lowest BCUT2D eigenvalue weighted by molar-refractivity contribution is -0.115. The van der Waals surface area contributed by atoms with Gasteiger partial charge in [-0.2, -0.15) is 0 Å². The van der Waals surface area contributed by atoms with Gasteiger partial charge in [-0.25, -0.2) is 0 Å². The highest BCUT2D eigenvalue weighted by Crippen LogP contribution is 2.27. The van der Waals surface area contributed by atoms with E-state index in [-0.39, 0.29) is 18.2 Å². The average Bonchev–Trinajstić information content (AvgIpc) is 3.02. The maximum Gasteiger partial charge on any atom is 0.252 e. The zero-order valence-corrected chi connectivity index (χ0v) is 15.5. The molecule has 2 N–H and O–H groups in total. The number of rotatable bonds is 4. The molecule has 26 heavy (non-hydrogen) atoms. The van der Waals surface area contributed by atoms with Crippen LogP contribution in [0.25, 0.3) is 11.0 Å². The lowest BCUT2D eigenvalue weighted by Gasteiger charge is -2.08. The normalized spacial score (nSPS) is 10.8. The molecule has 0 bridgehead atoms. The van der Waals surface area contributed by atoms with Gasteiger partial charge in [-0.15, -0.1) is 0 Å². The Morgan fingerprint density at radius 2 is 1.92 bits per heavy atom. The predicted octanol–water partition coefficient (Wildman–Crippen LogP) is 4.24. The van der Waals surface area contributed by atoms with E-state index in [1.807, 2.05) is 26.0 Å². The topological polar surface area (TPSA) is 71.3 Å². The Morgan fingerprint density at radius 3 is 2.65 bits per heavy atom. The van der Waals surface area contributed by atoms with Gasteiger partial charge in [0.05, 0.1) is 23.3 Å². The summed E-state index contributed by atoms with van der Waals surface area (Å²) < 4.78 is 5.64. The van der Waals surface area contributed by atoms with Gasteiger partial charge in [-0.3, -0.25) is 9.59 Å². The average molecular weight is 371 g/mol. The number of hydrogen-bond donors (Lipinski definition) is 2. The van der Waals surface area contributed by atoms with Gasteiger partial charge in [0.1, 0.15) is 5.58 Å². The molecule has 0 spiro atoms. The summed E-state index contributed by atoms with van der Waals surface area (Å²) in [6.07, 6.45) is 1.79. The predicted molar refractivity (Wildman–Crippen MR) is 103 cm³/mol. The molecule has 1 heterocycles. The molecule has 2 aromatic carbocycles. The standard InChI is InChI=1S/C20H19ClN2O3/c1-11-4-6-15-13(10-26-19(15)12(11)2)8-18(24)23-14-5-7-17(21)16(9-14)20(25)22-3/h4-7,9-10H,8H2,1-3H3,(H,22,25)(H,23,24). The first-order valence-corrected chi connectivity index (χ1v) is 8.56. The van der Waals surface area contributed by atoms with Crippen LogP contribution in [-0.2, 0) is 11.2 Å². The van der Waals surface area contributed by atoms with Gasteiger partial charge in [0.15, 0.2) is 0 Å². The Kier molecular flexibility index (Phi) is 5.00. The van der Waals surface area contributed by atoms with E-state index in [1.54, 1.807) is 24.5 Å². The Balaban J connectivity index is 1.80. The minimum Gasteiger partial charge on any atom is -0.464 e. The third kappa shape index (κ3) is 3.44. The van der Waals surface area contributed by atoms with Crippen LogP contribution in [0.1, 0.15) is 27.0 Å². The van der Waals surface area contributed by atoms with Gasteiger partial charge in [-0.05, 0) is 43.2 Å². The number of hydrogen-bond acceptors (Lipinski definition) is 3. The second kappa shape index (κ2) is 7.22. The summed E-state index contributed by atoms with van der Waals surface area (Å²) in [4.78, 5) is 24.2. The molecule has 3 aromatic rings. The summed E-state index contributed by atoms with van der Waals surface area (Å²) >= 11 is 6.03. The number of fused-ring (bicyclic) bond motifs is 1. The molecule has 5 nitrogen and oxygen atoms in total. The zero-order chi connectivity index (χ0) is 18.8. The Hall–Kier alpha value is -2.79. The molecule has 3 rings (SSSR count). The smallest absolute Gasteiger partial charge is 0.252 e. The van der Waals surface area contributed by atoms with Gasteiger partial charge in [-0.1, -0.05) is 23.7 Å². The zero-order valence-electron chi connectivity index (χ0n) is 14.8. The summed E-state index contributed by atoms with van der Waals surface area (Å²) in [5, 5.41) is 6.58. The molecule has 0 atom stereocenters. The minimum absolute atomic E-state index is 0.174. The second-order valence-corrected chi connectivity index (χ2v) is 6.55. The molecule has 0 unspecified atom stereocenters. The highest BCUT2D eigenvalue weighted by atomic mass is 35.5. The van der Waals surface area contributed by atoms with Gasteiger partial charge < -0.3 is 15.1 Å². The molecule has 134 valence electrons. The van der Waals surface area contributed by atoms with E-state index in [1.165, 1.54) is 7.05 Å². The first-order valence-electron chi connectivity index (χ1n) is 8.18. The van der Waals surface area contributed by atoms with Crippen molar-refractivity contribution in [1.82, 2.24) is 5.32 Å². The fourth-order valence-corrected chi connectivity index (χ4v) is 3.02. The third-order valence-corrected chi connectivity index (χ3v) is 4.74. The number of furan rings is 1. The lowest BCUT2D eigenvalue weighted by Crippen LogP contribution is -2.19. The van der Waals surface area contributed by atoms with Crippen molar-refractivity contribution in [3.8, 4) is 0 Å². The maximum absolute atomic E-state index is 12.4. The number of halogens is 1. The fraction of sp³-hybridized carbons (Fsp3) is 0.200. The van der Waals surface area contributed by atoms with Crippen molar-refractivity contribution in [1.29, 1.82) is 0 Å². The Bertz CT molecular complexity index is 1010. The van der Waals surface area contributed by atoms with Gasteiger partial charge in [0.25, 0.3) is 5.91 Å². The van der Waals surface area contributed by atoms with Crippen LogP contribution >= 0.6 is 11.6 Å².